The Morgan fingerprint density at radius 3 is 2.04 bits per heavy atom. The lowest BCUT2D eigenvalue weighted by Crippen LogP contribution is -2.42. The number of pyridine rings is 2. The first kappa shape index (κ1) is 40.6. The van der Waals surface area contributed by atoms with E-state index in [1.165, 1.54) is 12.0 Å². The van der Waals surface area contributed by atoms with Crippen molar-refractivity contribution in [3.05, 3.63) is 114 Å². The molecule has 0 spiro atoms. The third kappa shape index (κ3) is 10.4. The number of nitrogens with one attached hydrogen (secondary N) is 2. The molecular formula is C45H53N7O5. The van der Waals surface area contributed by atoms with Gasteiger partial charge in [0.25, 0.3) is 11.8 Å². The van der Waals surface area contributed by atoms with Crippen molar-refractivity contribution < 1.29 is 23.9 Å². The molecule has 1 fully saturated rings. The fraction of sp³-hybridized carbons (Fsp3) is 0.356. The maximum absolute atomic E-state index is 12.9. The lowest BCUT2D eigenvalue weighted by molar-refractivity contribution is -0.109. The first-order valence-corrected chi connectivity index (χ1v) is 19.7. The van der Waals surface area contributed by atoms with E-state index in [9.17, 15) is 14.4 Å². The number of carbonyl (C=O) groups excluding carboxylic acids is 3. The minimum atomic E-state index is -0.110. The van der Waals surface area contributed by atoms with Crippen molar-refractivity contribution in [2.45, 2.75) is 46.0 Å². The number of rotatable bonds is 15. The van der Waals surface area contributed by atoms with Gasteiger partial charge in [-0.15, -0.1) is 0 Å². The number of methoxy groups -OCH3 is 2. The summed E-state index contributed by atoms with van der Waals surface area (Å²) in [5, 5.41) is 7.57. The molecule has 5 heterocycles. The normalized spacial score (nSPS) is 15.2. The van der Waals surface area contributed by atoms with Gasteiger partial charge in [-0.3, -0.25) is 14.4 Å². The number of nitrogens with zero attached hydrogens (tertiary/aromatic N) is 5. The summed E-state index contributed by atoms with van der Waals surface area (Å²) in [6.45, 7) is 7.80. The van der Waals surface area contributed by atoms with Gasteiger partial charge in [-0.25, -0.2) is 9.97 Å². The fourth-order valence-electron chi connectivity index (χ4n) is 7.45. The molecule has 12 nitrogen and oxygen atoms in total. The topological polar surface area (TPSA) is 133 Å². The van der Waals surface area contributed by atoms with E-state index in [0.717, 1.165) is 90.9 Å². The van der Waals surface area contributed by atoms with Crippen LogP contribution in [0.2, 0.25) is 0 Å². The number of hydrogen-bond donors (Lipinski definition) is 2. The van der Waals surface area contributed by atoms with Crippen LogP contribution in [0.1, 0.15) is 65.8 Å². The van der Waals surface area contributed by atoms with Crippen LogP contribution in [-0.2, 0) is 16.0 Å². The number of amides is 3. The molecule has 3 amide bonds. The van der Waals surface area contributed by atoms with Gasteiger partial charge >= 0.3 is 0 Å². The van der Waals surface area contributed by atoms with Gasteiger partial charge in [-0.05, 0) is 116 Å². The third-order valence-corrected chi connectivity index (χ3v) is 10.2. The number of ether oxygens (including phenoxy) is 2. The maximum Gasteiger partial charge on any atom is 0.255 e. The summed E-state index contributed by atoms with van der Waals surface area (Å²) in [5.41, 5.74) is 6.20. The molecule has 2 unspecified atom stereocenters. The van der Waals surface area contributed by atoms with E-state index in [1.54, 1.807) is 20.4 Å². The molecule has 7 rings (SSSR count). The molecule has 0 saturated carbocycles. The van der Waals surface area contributed by atoms with Crippen molar-refractivity contribution in [1.29, 1.82) is 0 Å². The van der Waals surface area contributed by atoms with E-state index in [1.807, 2.05) is 93.3 Å². The smallest absolute Gasteiger partial charge is 0.255 e. The van der Waals surface area contributed by atoms with Gasteiger partial charge in [0.1, 0.15) is 17.0 Å². The lowest BCUT2D eigenvalue weighted by Gasteiger charge is -2.35. The molecule has 2 aromatic carbocycles. The number of piperidine rings is 1. The summed E-state index contributed by atoms with van der Waals surface area (Å²) in [4.78, 5) is 46.5. The molecule has 0 aliphatic carbocycles. The van der Waals surface area contributed by atoms with Crippen molar-refractivity contribution >= 4 is 40.3 Å². The molecule has 1 aliphatic heterocycles. The number of unbranched alkanes of at least 4 members (excludes halogenated alkanes) is 2. The van der Waals surface area contributed by atoms with Crippen LogP contribution >= 0.6 is 0 Å². The number of likely N-dealkylation sites (tertiary alicyclic amines) is 1. The van der Waals surface area contributed by atoms with Crippen LogP contribution < -0.4 is 15.4 Å². The van der Waals surface area contributed by atoms with Crippen LogP contribution in [-0.4, -0.2) is 89.2 Å². The van der Waals surface area contributed by atoms with E-state index in [0.29, 0.717) is 36.1 Å². The molecule has 12 heteroatoms. The van der Waals surface area contributed by atoms with Crippen molar-refractivity contribution in [2.24, 2.45) is 11.8 Å². The molecule has 2 N–H and O–H groups in total. The predicted octanol–water partition coefficient (Wildman–Crippen LogP) is 7.01. The summed E-state index contributed by atoms with van der Waals surface area (Å²) in [6, 6.07) is 23.5. The molecule has 1 aliphatic rings. The number of fused-ring (bicyclic) bond motifs is 2. The first-order chi connectivity index (χ1) is 27.8. The largest absolute Gasteiger partial charge is 0.497 e. The summed E-state index contributed by atoms with van der Waals surface area (Å²) in [6.07, 6.45) is 13.7. The van der Waals surface area contributed by atoms with E-state index < -0.39 is 0 Å². The van der Waals surface area contributed by atoms with Crippen molar-refractivity contribution in [3.63, 3.8) is 0 Å². The molecule has 298 valence electrons. The highest BCUT2D eigenvalue weighted by atomic mass is 16.5. The van der Waals surface area contributed by atoms with Crippen molar-refractivity contribution in [3.8, 4) is 17.1 Å². The van der Waals surface area contributed by atoms with Gasteiger partial charge in [-0.1, -0.05) is 20.3 Å². The number of hydrogen-bond acceptors (Lipinski definition) is 7. The van der Waals surface area contributed by atoms with Gasteiger partial charge in [0.2, 0.25) is 6.41 Å². The predicted molar refractivity (Wildman–Crippen MR) is 223 cm³/mol. The number of carbonyl (C=O) groups is 3. The Bertz CT molecular complexity index is 2240. The molecule has 0 radical (unpaired) electrons. The Labute approximate surface area is 334 Å². The quantitative estimate of drug-likeness (QED) is 0.0848. The zero-order valence-electron chi connectivity index (χ0n) is 33.3. The second kappa shape index (κ2) is 19.7. The highest BCUT2D eigenvalue weighted by Gasteiger charge is 2.26. The van der Waals surface area contributed by atoms with Gasteiger partial charge in [0, 0.05) is 85.8 Å². The molecule has 4 aromatic heterocycles. The summed E-state index contributed by atoms with van der Waals surface area (Å²) in [5.74, 6) is 1.89. The summed E-state index contributed by atoms with van der Waals surface area (Å²) in [7, 11) is 3.26. The fourth-order valence-corrected chi connectivity index (χ4v) is 7.45. The molecule has 6 aromatic rings. The van der Waals surface area contributed by atoms with E-state index in [2.05, 4.69) is 46.6 Å². The van der Waals surface area contributed by atoms with Gasteiger partial charge < -0.3 is 34.1 Å². The zero-order valence-corrected chi connectivity index (χ0v) is 33.3. The Balaban J connectivity index is 0.000000194. The Morgan fingerprint density at radius 1 is 0.772 bits per heavy atom. The minimum Gasteiger partial charge on any atom is -0.497 e. The van der Waals surface area contributed by atoms with Crippen LogP contribution in [0.5, 0.6) is 5.75 Å². The first-order valence-electron chi connectivity index (χ1n) is 19.7. The standard InChI is InChI=1S/C23H28N4O3.C22H25N3O2/c1-30-14-12-25-23(29)19-6-8-21(9-7-19)27-13-10-20-15-18(16-26-22(20)27)5-3-2-4-11-24-17-28;1-15-10-16(2)14-24(13-15)22(26)18-11-17-8-9-25(21(17)23-12-18)19-4-6-20(27-3)7-5-19/h6-10,13,15-17H,2-5,11-12,14H2,1H3,(H,24,28)(H,25,29);4-9,11-12,15-16H,10,13-14H2,1-3H3. The van der Waals surface area contributed by atoms with Gasteiger partial charge in [0.15, 0.2) is 0 Å². The average Bonchev–Trinajstić information content (AvgIpc) is 3.86. The number of benzene rings is 2. The van der Waals surface area contributed by atoms with Crippen LogP contribution in [0.3, 0.4) is 0 Å². The van der Waals surface area contributed by atoms with Crippen LogP contribution in [0.15, 0.2) is 97.6 Å². The van der Waals surface area contributed by atoms with Crippen molar-refractivity contribution in [2.75, 3.05) is 47.0 Å². The lowest BCUT2D eigenvalue weighted by atomic mass is 9.91. The second-order valence-corrected chi connectivity index (χ2v) is 14.8. The van der Waals surface area contributed by atoms with E-state index >= 15 is 0 Å². The van der Waals surface area contributed by atoms with Crippen LogP contribution in [0, 0.1) is 11.8 Å². The minimum absolute atomic E-state index is 0.0833. The van der Waals surface area contributed by atoms with Crippen LogP contribution in [0.25, 0.3) is 33.4 Å². The second-order valence-electron chi connectivity index (χ2n) is 14.8. The monoisotopic (exact) mass is 771 g/mol. The van der Waals surface area contributed by atoms with Gasteiger partial charge in [-0.2, -0.15) is 0 Å². The molecular weight excluding hydrogens is 719 g/mol. The van der Waals surface area contributed by atoms with E-state index in [-0.39, 0.29) is 11.8 Å². The molecule has 57 heavy (non-hydrogen) atoms. The summed E-state index contributed by atoms with van der Waals surface area (Å²) >= 11 is 0. The molecule has 1 saturated heterocycles. The third-order valence-electron chi connectivity index (χ3n) is 10.2. The average molecular weight is 772 g/mol. The Hall–Kier alpha value is -6.01. The van der Waals surface area contributed by atoms with Gasteiger partial charge in [0.05, 0.1) is 19.3 Å². The van der Waals surface area contributed by atoms with Crippen LogP contribution in [0.4, 0.5) is 0 Å². The maximum atomic E-state index is 12.9. The zero-order chi connectivity index (χ0) is 40.1. The molecule has 2 atom stereocenters. The Kier molecular flexibility index (Phi) is 14.1. The summed E-state index contributed by atoms with van der Waals surface area (Å²) < 4.78 is 14.2. The highest BCUT2D eigenvalue weighted by molar-refractivity contribution is 5.97. The van der Waals surface area contributed by atoms with E-state index in [4.69, 9.17) is 9.47 Å². The Morgan fingerprint density at radius 2 is 1.40 bits per heavy atom. The van der Waals surface area contributed by atoms with Crippen molar-refractivity contribution in [1.82, 2.24) is 34.6 Å². The highest BCUT2D eigenvalue weighted by Crippen LogP contribution is 2.26. The number of aryl methyl sites for hydroxylation is 1. The SMILES string of the molecule is COCCNC(=O)c1ccc(-n2ccc3cc(CCCCCNC=O)cnc32)cc1.COc1ccc(-n2ccc3cc(C(=O)N4CC(C)CC(C)C4)cnc32)cc1. The molecule has 0 bridgehead atoms. The number of aromatic nitrogens is 4.